The number of hydrogen-bond donors (Lipinski definition) is 0. The van der Waals surface area contributed by atoms with Crippen LogP contribution in [0.3, 0.4) is 0 Å². The van der Waals surface area contributed by atoms with Crippen molar-refractivity contribution in [1.29, 1.82) is 5.26 Å². The van der Waals surface area contributed by atoms with Crippen LogP contribution in [0.4, 0.5) is 23.4 Å². The van der Waals surface area contributed by atoms with Crippen LogP contribution in [0.5, 0.6) is 0 Å². The molecule has 0 unspecified atom stereocenters. The molecule has 0 bridgehead atoms. The van der Waals surface area contributed by atoms with Gasteiger partial charge in [-0.1, -0.05) is 13.3 Å². The lowest BCUT2D eigenvalue weighted by Gasteiger charge is -2.20. The highest BCUT2D eigenvalue weighted by Gasteiger charge is 2.32. The van der Waals surface area contributed by atoms with Crippen LogP contribution in [-0.4, -0.2) is 21.6 Å². The minimum atomic E-state index is -1.74. The van der Waals surface area contributed by atoms with E-state index in [1.165, 1.54) is 0 Å². The summed E-state index contributed by atoms with van der Waals surface area (Å²) in [5.41, 5.74) is -2.40. The number of halogens is 4. The molecule has 6 nitrogen and oxygen atoms in total. The summed E-state index contributed by atoms with van der Waals surface area (Å²) in [4.78, 5) is 24.1. The van der Waals surface area contributed by atoms with E-state index in [4.69, 9.17) is 0 Å². The molecule has 0 fully saturated rings. The monoisotopic (exact) mass is 396 g/mol. The van der Waals surface area contributed by atoms with E-state index in [0.29, 0.717) is 22.4 Å². The van der Waals surface area contributed by atoms with Crippen LogP contribution < -0.4 is 4.90 Å². The maximum absolute atomic E-state index is 14.7. The van der Waals surface area contributed by atoms with Gasteiger partial charge in [0.1, 0.15) is 17.3 Å². The van der Waals surface area contributed by atoms with Gasteiger partial charge in [-0.05, 0) is 12.8 Å². The number of hydrogen-bond acceptors (Lipinski definition) is 4. The number of carbonyl (C=O) groups excluding carboxylic acids is 2. The van der Waals surface area contributed by atoms with Gasteiger partial charge >= 0.3 is 0 Å². The minimum absolute atomic E-state index is 0.218. The molecule has 1 aromatic carbocycles. The SMILES string of the molecule is CCCCc1c(F)c(F)c(-n2ncc(C#N)c2N(C(C)=O)C(C)=O)c(F)c1F. The number of nitriles is 1. The van der Waals surface area contributed by atoms with Crippen molar-refractivity contribution in [3.05, 3.63) is 40.6 Å². The fraction of sp³-hybridized carbons (Fsp3) is 0.333. The number of benzene rings is 1. The summed E-state index contributed by atoms with van der Waals surface area (Å²) in [6, 6.07) is 1.62. The summed E-state index contributed by atoms with van der Waals surface area (Å²) in [6.07, 6.45) is 1.46. The quantitative estimate of drug-likeness (QED) is 0.572. The van der Waals surface area contributed by atoms with Crippen molar-refractivity contribution in [2.45, 2.75) is 40.0 Å². The lowest BCUT2D eigenvalue weighted by Crippen LogP contribution is -2.35. The van der Waals surface area contributed by atoms with E-state index < -0.39 is 52.2 Å². The Kier molecular flexibility index (Phi) is 6.18. The first-order valence-electron chi connectivity index (χ1n) is 8.31. The number of nitrogens with zero attached hydrogens (tertiary/aromatic N) is 4. The fourth-order valence-corrected chi connectivity index (χ4v) is 2.74. The Balaban J connectivity index is 2.84. The van der Waals surface area contributed by atoms with Crippen molar-refractivity contribution in [2.75, 3.05) is 4.90 Å². The topological polar surface area (TPSA) is 79.0 Å². The summed E-state index contributed by atoms with van der Waals surface area (Å²) in [6.45, 7) is 3.69. The van der Waals surface area contributed by atoms with E-state index in [1.807, 2.05) is 0 Å². The van der Waals surface area contributed by atoms with Crippen molar-refractivity contribution < 1.29 is 27.2 Å². The molecule has 0 N–H and O–H groups in total. The number of rotatable bonds is 5. The Hall–Kier alpha value is -3.22. The van der Waals surface area contributed by atoms with Crippen molar-refractivity contribution in [3.63, 3.8) is 0 Å². The molecular weight excluding hydrogens is 380 g/mol. The lowest BCUT2D eigenvalue weighted by molar-refractivity contribution is -0.124. The van der Waals surface area contributed by atoms with E-state index in [-0.39, 0.29) is 12.0 Å². The molecule has 0 radical (unpaired) electrons. The van der Waals surface area contributed by atoms with E-state index in [1.54, 1.807) is 13.0 Å². The van der Waals surface area contributed by atoms with Crippen LogP contribution in [0.15, 0.2) is 6.20 Å². The first-order valence-corrected chi connectivity index (χ1v) is 8.31. The largest absolute Gasteiger partial charge is 0.274 e. The summed E-state index contributed by atoms with van der Waals surface area (Å²) < 4.78 is 58.5. The second-order valence-corrected chi connectivity index (χ2v) is 5.97. The molecule has 0 spiro atoms. The highest BCUT2D eigenvalue weighted by molar-refractivity contribution is 6.13. The Morgan fingerprint density at radius 3 is 2.07 bits per heavy atom. The molecule has 10 heteroatoms. The molecule has 0 saturated heterocycles. The molecule has 0 aliphatic carbocycles. The minimum Gasteiger partial charge on any atom is -0.274 e. The van der Waals surface area contributed by atoms with E-state index in [0.717, 1.165) is 20.0 Å². The van der Waals surface area contributed by atoms with Crippen molar-refractivity contribution in [2.24, 2.45) is 0 Å². The Morgan fingerprint density at radius 2 is 1.64 bits per heavy atom. The summed E-state index contributed by atoms with van der Waals surface area (Å²) in [5, 5.41) is 12.8. The van der Waals surface area contributed by atoms with Crippen molar-refractivity contribution in [1.82, 2.24) is 9.78 Å². The Labute approximate surface area is 158 Å². The number of amides is 2. The predicted octanol–water partition coefficient (Wildman–Crippen LogP) is 3.54. The van der Waals surface area contributed by atoms with Gasteiger partial charge in [-0.2, -0.15) is 10.4 Å². The predicted molar refractivity (Wildman–Crippen MR) is 90.6 cm³/mol. The zero-order valence-corrected chi connectivity index (χ0v) is 15.3. The standard InChI is InChI=1S/C18H16F4N4O2/c1-4-5-6-12-13(19)15(21)17(16(22)14(12)20)26-18(11(7-23)8-24-26)25(9(2)27)10(3)28/h8H,4-6H2,1-3H3. The maximum atomic E-state index is 14.7. The molecule has 0 atom stereocenters. The number of imide groups is 1. The molecule has 1 aromatic heterocycles. The molecule has 2 aromatic rings. The van der Waals surface area contributed by atoms with Gasteiger partial charge < -0.3 is 0 Å². The third-order valence-corrected chi connectivity index (χ3v) is 4.03. The number of carbonyl (C=O) groups is 2. The number of unbranched alkanes of at least 4 members (excludes halogenated alkanes) is 1. The van der Waals surface area contributed by atoms with Crippen molar-refractivity contribution >= 4 is 17.6 Å². The average molecular weight is 396 g/mol. The molecule has 1 heterocycles. The summed E-state index contributed by atoms with van der Waals surface area (Å²) in [7, 11) is 0. The zero-order valence-electron chi connectivity index (χ0n) is 15.3. The van der Waals surface area contributed by atoms with E-state index in [9.17, 15) is 32.4 Å². The van der Waals surface area contributed by atoms with Crippen LogP contribution in [0.2, 0.25) is 0 Å². The molecule has 0 saturated carbocycles. The molecule has 0 aliphatic heterocycles. The van der Waals surface area contributed by atoms with Gasteiger partial charge in [-0.15, -0.1) is 0 Å². The normalized spacial score (nSPS) is 10.6. The third kappa shape index (κ3) is 3.47. The van der Waals surface area contributed by atoms with Gasteiger partial charge in [-0.3, -0.25) is 9.59 Å². The van der Waals surface area contributed by atoms with E-state index in [2.05, 4.69) is 5.10 Å². The molecule has 148 valence electrons. The van der Waals surface area contributed by atoms with Crippen LogP contribution in [0.25, 0.3) is 5.69 Å². The highest BCUT2D eigenvalue weighted by atomic mass is 19.2. The van der Waals surface area contributed by atoms with E-state index >= 15 is 0 Å². The van der Waals surface area contributed by atoms with Gasteiger partial charge in [0.2, 0.25) is 11.8 Å². The van der Waals surface area contributed by atoms with Crippen LogP contribution in [0.1, 0.15) is 44.7 Å². The lowest BCUT2D eigenvalue weighted by atomic mass is 10.1. The van der Waals surface area contributed by atoms with Gasteiger partial charge in [-0.25, -0.2) is 27.1 Å². The highest BCUT2D eigenvalue weighted by Crippen LogP contribution is 2.32. The van der Waals surface area contributed by atoms with Gasteiger partial charge in [0, 0.05) is 19.4 Å². The van der Waals surface area contributed by atoms with Crippen LogP contribution >= 0.6 is 0 Å². The zero-order chi connectivity index (χ0) is 21.2. The molecule has 2 rings (SSSR count). The number of aromatic nitrogens is 2. The Bertz CT molecular complexity index is 951. The summed E-state index contributed by atoms with van der Waals surface area (Å²) in [5.74, 6) is -9.06. The second-order valence-electron chi connectivity index (χ2n) is 5.97. The van der Waals surface area contributed by atoms with Gasteiger partial charge in [0.05, 0.1) is 6.20 Å². The number of anilines is 1. The van der Waals surface area contributed by atoms with Gasteiger partial charge in [0.15, 0.2) is 29.1 Å². The first-order chi connectivity index (χ1) is 13.2. The fourth-order valence-electron chi connectivity index (χ4n) is 2.74. The molecular formula is C18H16F4N4O2. The maximum Gasteiger partial charge on any atom is 0.231 e. The second kappa shape index (κ2) is 8.21. The third-order valence-electron chi connectivity index (χ3n) is 4.03. The summed E-state index contributed by atoms with van der Waals surface area (Å²) >= 11 is 0. The van der Waals surface area contributed by atoms with Crippen LogP contribution in [-0.2, 0) is 16.0 Å². The van der Waals surface area contributed by atoms with Crippen LogP contribution in [0, 0.1) is 34.6 Å². The van der Waals surface area contributed by atoms with Crippen molar-refractivity contribution in [3.8, 4) is 11.8 Å². The molecule has 0 aliphatic rings. The first kappa shape index (κ1) is 21.1. The molecule has 28 heavy (non-hydrogen) atoms. The van der Waals surface area contributed by atoms with Gasteiger partial charge in [0.25, 0.3) is 0 Å². The molecule has 2 amide bonds. The Morgan fingerprint density at radius 1 is 1.11 bits per heavy atom. The smallest absolute Gasteiger partial charge is 0.231 e. The average Bonchev–Trinajstić information content (AvgIpc) is 3.03.